The van der Waals surface area contributed by atoms with Gasteiger partial charge in [0.25, 0.3) is 0 Å². The molecule has 0 saturated heterocycles. The maximum absolute atomic E-state index is 5.00. The minimum atomic E-state index is 0.350. The molecular formula is C8H12N2O2S. The van der Waals surface area contributed by atoms with Gasteiger partial charge in [-0.1, -0.05) is 0 Å². The molecule has 0 aromatic carbocycles. The predicted molar refractivity (Wildman–Crippen MR) is 52.4 cm³/mol. The van der Waals surface area contributed by atoms with Gasteiger partial charge in [-0.2, -0.15) is 21.7 Å². The van der Waals surface area contributed by atoms with Crippen LogP contribution in [0.4, 0.5) is 0 Å². The van der Waals surface area contributed by atoms with Crippen LogP contribution in [-0.4, -0.2) is 30.4 Å². The normalized spacial score (nSPS) is 9.77. The second-order valence-corrected chi connectivity index (χ2v) is 3.19. The molecule has 0 fully saturated rings. The highest BCUT2D eigenvalue weighted by atomic mass is 32.2. The van der Waals surface area contributed by atoms with E-state index >= 15 is 0 Å². The molecule has 0 N–H and O–H groups in total. The van der Waals surface area contributed by atoms with Gasteiger partial charge in [-0.3, -0.25) is 0 Å². The van der Waals surface area contributed by atoms with Crippen LogP contribution in [0.25, 0.3) is 0 Å². The Bertz CT molecular complexity index is 259. The molecule has 0 amide bonds. The van der Waals surface area contributed by atoms with Crippen molar-refractivity contribution in [3.8, 4) is 11.9 Å². The second kappa shape index (κ2) is 4.91. The van der Waals surface area contributed by atoms with Crippen molar-refractivity contribution >= 4 is 11.8 Å². The first kappa shape index (κ1) is 10.1. The van der Waals surface area contributed by atoms with Crippen molar-refractivity contribution in [2.24, 2.45) is 0 Å². The monoisotopic (exact) mass is 200 g/mol. The van der Waals surface area contributed by atoms with Crippen LogP contribution in [0.2, 0.25) is 0 Å². The number of hydrogen-bond donors (Lipinski definition) is 0. The number of hydrogen-bond acceptors (Lipinski definition) is 5. The van der Waals surface area contributed by atoms with Gasteiger partial charge in [0.05, 0.1) is 19.9 Å². The summed E-state index contributed by atoms with van der Waals surface area (Å²) in [5.41, 5.74) is 0.913. The molecule has 1 aromatic heterocycles. The third-order valence-corrected chi connectivity index (χ3v) is 2.00. The molecule has 0 saturated carbocycles. The Morgan fingerprint density at radius 2 is 2.08 bits per heavy atom. The van der Waals surface area contributed by atoms with Crippen LogP contribution in [0.1, 0.15) is 5.69 Å². The van der Waals surface area contributed by atoms with E-state index in [1.165, 1.54) is 7.11 Å². The average molecular weight is 200 g/mol. The summed E-state index contributed by atoms with van der Waals surface area (Å²) in [7, 11) is 3.11. The lowest BCUT2D eigenvalue weighted by Gasteiger charge is -2.04. The van der Waals surface area contributed by atoms with E-state index < -0.39 is 0 Å². The van der Waals surface area contributed by atoms with Crippen LogP contribution in [0.15, 0.2) is 6.07 Å². The molecule has 1 rings (SSSR count). The van der Waals surface area contributed by atoms with E-state index in [-0.39, 0.29) is 0 Å². The Kier molecular flexibility index (Phi) is 3.82. The van der Waals surface area contributed by atoms with Gasteiger partial charge in [0.1, 0.15) is 0 Å². The first-order chi connectivity index (χ1) is 6.30. The zero-order valence-corrected chi connectivity index (χ0v) is 8.72. The Hall–Kier alpha value is -0.970. The van der Waals surface area contributed by atoms with Gasteiger partial charge in [0.2, 0.25) is 5.88 Å². The van der Waals surface area contributed by atoms with E-state index in [2.05, 4.69) is 9.97 Å². The number of thioether (sulfide) groups is 1. The standard InChI is InChI=1S/C8H12N2O2S/c1-11-7-4-6(5-13-3)9-8(10-7)12-2/h4H,5H2,1-3H3. The number of rotatable bonds is 4. The average Bonchev–Trinajstić information content (AvgIpc) is 2.17. The Morgan fingerprint density at radius 1 is 1.31 bits per heavy atom. The molecule has 1 heterocycles. The lowest BCUT2D eigenvalue weighted by atomic mass is 10.4. The molecule has 0 atom stereocenters. The molecular weight excluding hydrogens is 188 g/mol. The van der Waals surface area contributed by atoms with Crippen molar-refractivity contribution in [3.63, 3.8) is 0 Å². The molecule has 4 nitrogen and oxygen atoms in total. The summed E-state index contributed by atoms with van der Waals surface area (Å²) in [6, 6.07) is 2.15. The van der Waals surface area contributed by atoms with Gasteiger partial charge < -0.3 is 9.47 Å². The van der Waals surface area contributed by atoms with E-state index in [9.17, 15) is 0 Å². The summed E-state index contributed by atoms with van der Waals surface area (Å²) in [4.78, 5) is 8.14. The number of methoxy groups -OCH3 is 2. The van der Waals surface area contributed by atoms with E-state index in [0.717, 1.165) is 11.4 Å². The van der Waals surface area contributed by atoms with Crippen LogP contribution in [-0.2, 0) is 5.75 Å². The van der Waals surface area contributed by atoms with Crippen molar-refractivity contribution in [1.29, 1.82) is 0 Å². The van der Waals surface area contributed by atoms with Gasteiger partial charge in [-0.25, -0.2) is 0 Å². The van der Waals surface area contributed by atoms with Crippen LogP contribution < -0.4 is 9.47 Å². The zero-order chi connectivity index (χ0) is 9.68. The fraction of sp³-hybridized carbons (Fsp3) is 0.500. The quantitative estimate of drug-likeness (QED) is 0.734. The Balaban J connectivity index is 2.93. The smallest absolute Gasteiger partial charge is 0.319 e. The highest BCUT2D eigenvalue weighted by Crippen LogP contribution is 2.16. The lowest BCUT2D eigenvalue weighted by molar-refractivity contribution is 0.350. The van der Waals surface area contributed by atoms with Crippen LogP contribution in [0.5, 0.6) is 11.9 Å². The molecule has 72 valence electrons. The summed E-state index contributed by atoms with van der Waals surface area (Å²) >= 11 is 1.69. The van der Waals surface area contributed by atoms with Crippen LogP contribution in [0, 0.1) is 0 Å². The van der Waals surface area contributed by atoms with Gasteiger partial charge in [0.15, 0.2) is 0 Å². The summed E-state index contributed by atoms with van der Waals surface area (Å²) in [5.74, 6) is 1.37. The minimum Gasteiger partial charge on any atom is -0.481 e. The van der Waals surface area contributed by atoms with Gasteiger partial charge >= 0.3 is 6.01 Å². The van der Waals surface area contributed by atoms with Crippen molar-refractivity contribution in [2.75, 3.05) is 20.5 Å². The molecule has 13 heavy (non-hydrogen) atoms. The summed E-state index contributed by atoms with van der Waals surface area (Å²) in [6.07, 6.45) is 2.01. The molecule has 1 aromatic rings. The number of ether oxygens (including phenoxy) is 2. The van der Waals surface area contributed by atoms with Crippen molar-refractivity contribution < 1.29 is 9.47 Å². The molecule has 0 unspecified atom stereocenters. The van der Waals surface area contributed by atoms with E-state index in [1.54, 1.807) is 24.9 Å². The largest absolute Gasteiger partial charge is 0.481 e. The highest BCUT2D eigenvalue weighted by Gasteiger charge is 2.03. The van der Waals surface area contributed by atoms with E-state index in [0.29, 0.717) is 11.9 Å². The van der Waals surface area contributed by atoms with Crippen molar-refractivity contribution in [2.45, 2.75) is 5.75 Å². The van der Waals surface area contributed by atoms with E-state index in [1.807, 2.05) is 6.26 Å². The Morgan fingerprint density at radius 3 is 2.62 bits per heavy atom. The van der Waals surface area contributed by atoms with Gasteiger partial charge in [-0.15, -0.1) is 0 Å². The van der Waals surface area contributed by atoms with Crippen molar-refractivity contribution in [1.82, 2.24) is 9.97 Å². The lowest BCUT2D eigenvalue weighted by Crippen LogP contribution is -1.98. The fourth-order valence-corrected chi connectivity index (χ4v) is 1.31. The van der Waals surface area contributed by atoms with Gasteiger partial charge in [-0.05, 0) is 6.26 Å². The van der Waals surface area contributed by atoms with E-state index in [4.69, 9.17) is 9.47 Å². The SMILES string of the molecule is COc1cc(CSC)nc(OC)n1. The third kappa shape index (κ3) is 2.77. The maximum atomic E-state index is 5.00. The molecule has 0 bridgehead atoms. The molecule has 0 aliphatic rings. The molecule has 0 radical (unpaired) electrons. The topological polar surface area (TPSA) is 44.2 Å². The number of nitrogens with zero attached hydrogens (tertiary/aromatic N) is 2. The first-order valence-corrected chi connectivity index (χ1v) is 5.14. The molecule has 0 aliphatic heterocycles. The minimum absolute atomic E-state index is 0.350. The maximum Gasteiger partial charge on any atom is 0.319 e. The zero-order valence-electron chi connectivity index (χ0n) is 7.90. The predicted octanol–water partition coefficient (Wildman–Crippen LogP) is 1.36. The Labute approximate surface area is 81.7 Å². The fourth-order valence-electron chi connectivity index (χ4n) is 0.867. The first-order valence-electron chi connectivity index (χ1n) is 3.75. The van der Waals surface area contributed by atoms with Crippen molar-refractivity contribution in [3.05, 3.63) is 11.8 Å². The summed E-state index contributed by atoms with van der Waals surface area (Å²) in [6.45, 7) is 0. The summed E-state index contributed by atoms with van der Waals surface area (Å²) in [5, 5.41) is 0. The molecule has 0 spiro atoms. The molecule has 0 aliphatic carbocycles. The highest BCUT2D eigenvalue weighted by molar-refractivity contribution is 7.97. The third-order valence-electron chi connectivity index (χ3n) is 1.42. The van der Waals surface area contributed by atoms with Gasteiger partial charge in [0, 0.05) is 11.8 Å². The summed E-state index contributed by atoms with van der Waals surface area (Å²) < 4.78 is 9.94. The second-order valence-electron chi connectivity index (χ2n) is 2.32. The van der Waals surface area contributed by atoms with Crippen LogP contribution in [0.3, 0.4) is 0 Å². The number of aromatic nitrogens is 2. The molecule has 5 heteroatoms. The van der Waals surface area contributed by atoms with Crippen LogP contribution >= 0.6 is 11.8 Å².